The summed E-state index contributed by atoms with van der Waals surface area (Å²) in [7, 11) is 0. The molecule has 6 nitrogen and oxygen atoms in total. The molecule has 1 saturated heterocycles. The fourth-order valence-electron chi connectivity index (χ4n) is 3.16. The lowest BCUT2D eigenvalue weighted by Crippen LogP contribution is -2.50. The van der Waals surface area contributed by atoms with Gasteiger partial charge >= 0.3 is 0 Å². The van der Waals surface area contributed by atoms with Crippen LogP contribution >= 0.6 is 0 Å². The Hall–Kier alpha value is -2.47. The van der Waals surface area contributed by atoms with Gasteiger partial charge in [0, 0.05) is 38.1 Å². The van der Waals surface area contributed by atoms with Gasteiger partial charge in [-0.15, -0.1) is 0 Å². The number of pyridine rings is 2. The van der Waals surface area contributed by atoms with Crippen LogP contribution in [-0.4, -0.2) is 39.9 Å². The van der Waals surface area contributed by atoms with Crippen molar-refractivity contribution in [3.63, 3.8) is 0 Å². The second kappa shape index (κ2) is 7.40. The number of aromatic amines is 1. The normalized spacial score (nSPS) is 21.4. The molecule has 3 heterocycles. The van der Waals surface area contributed by atoms with Crippen LogP contribution in [0.3, 0.4) is 0 Å². The summed E-state index contributed by atoms with van der Waals surface area (Å²) in [5, 5.41) is 3.01. The Morgan fingerprint density at radius 1 is 1.38 bits per heavy atom. The molecule has 1 amide bonds. The van der Waals surface area contributed by atoms with Crippen LogP contribution in [0.5, 0.6) is 0 Å². The van der Waals surface area contributed by atoms with Crippen molar-refractivity contribution < 1.29 is 4.79 Å². The van der Waals surface area contributed by atoms with Crippen LogP contribution in [0.4, 0.5) is 0 Å². The third-order valence-corrected chi connectivity index (χ3v) is 4.48. The molecule has 2 N–H and O–H groups in total. The van der Waals surface area contributed by atoms with E-state index in [0.29, 0.717) is 5.92 Å². The molecule has 0 aromatic carbocycles. The number of aromatic nitrogens is 2. The van der Waals surface area contributed by atoms with E-state index in [9.17, 15) is 9.59 Å². The first kappa shape index (κ1) is 16.4. The Morgan fingerprint density at radius 3 is 2.96 bits per heavy atom. The van der Waals surface area contributed by atoms with Gasteiger partial charge in [-0.25, -0.2) is 0 Å². The van der Waals surface area contributed by atoms with Crippen LogP contribution in [0.15, 0.2) is 47.5 Å². The first-order valence-electron chi connectivity index (χ1n) is 8.24. The number of hydrogen-bond donors (Lipinski definition) is 2. The summed E-state index contributed by atoms with van der Waals surface area (Å²) in [5.74, 6) is 0.0149. The summed E-state index contributed by atoms with van der Waals surface area (Å²) in [6.45, 7) is 4.75. The molecule has 0 spiro atoms. The molecule has 0 bridgehead atoms. The van der Waals surface area contributed by atoms with Crippen molar-refractivity contribution in [3.8, 4) is 0 Å². The molecule has 1 fully saturated rings. The van der Waals surface area contributed by atoms with Crippen molar-refractivity contribution in [1.82, 2.24) is 20.2 Å². The van der Waals surface area contributed by atoms with Crippen molar-refractivity contribution in [2.75, 3.05) is 13.1 Å². The van der Waals surface area contributed by atoms with Gasteiger partial charge < -0.3 is 10.3 Å². The lowest BCUT2D eigenvalue weighted by Gasteiger charge is -2.37. The standard InChI is InChI=1S/C18H22N4O2/c1-13-11-22(12-14-5-2-3-8-19-14)10-7-16(13)21-18(24)15-6-4-9-20-17(15)23/h2-6,8-9,13,16H,7,10-12H2,1H3,(H,20,23)(H,21,24)/t13-,16-/m1/s1. The number of nitrogens with zero attached hydrogens (tertiary/aromatic N) is 2. The quantitative estimate of drug-likeness (QED) is 0.890. The van der Waals surface area contributed by atoms with Crippen LogP contribution in [0, 0.1) is 5.92 Å². The van der Waals surface area contributed by atoms with E-state index in [2.05, 4.69) is 27.1 Å². The summed E-state index contributed by atoms with van der Waals surface area (Å²) < 4.78 is 0. The number of H-pyrrole nitrogens is 1. The SMILES string of the molecule is C[C@@H]1CN(Cc2ccccn2)CC[C@H]1NC(=O)c1ccc[nH]c1=O. The zero-order valence-electron chi connectivity index (χ0n) is 13.7. The molecule has 3 rings (SSSR count). The smallest absolute Gasteiger partial charge is 0.260 e. The van der Waals surface area contributed by atoms with E-state index >= 15 is 0 Å². The molecule has 0 radical (unpaired) electrons. The highest BCUT2D eigenvalue weighted by Gasteiger charge is 2.28. The van der Waals surface area contributed by atoms with Gasteiger partial charge in [0.1, 0.15) is 5.56 Å². The Labute approximate surface area is 140 Å². The fourth-order valence-corrected chi connectivity index (χ4v) is 3.16. The molecule has 0 aliphatic carbocycles. The molecule has 2 aromatic rings. The lowest BCUT2D eigenvalue weighted by molar-refractivity contribution is 0.0858. The molecular weight excluding hydrogens is 304 g/mol. The molecule has 24 heavy (non-hydrogen) atoms. The third kappa shape index (κ3) is 3.89. The second-order valence-corrected chi connectivity index (χ2v) is 6.32. The highest BCUT2D eigenvalue weighted by molar-refractivity contribution is 5.93. The maximum atomic E-state index is 12.3. The Kier molecular flexibility index (Phi) is 5.05. The maximum absolute atomic E-state index is 12.3. The second-order valence-electron chi connectivity index (χ2n) is 6.32. The summed E-state index contributed by atoms with van der Waals surface area (Å²) in [6.07, 6.45) is 4.20. The summed E-state index contributed by atoms with van der Waals surface area (Å²) in [6, 6.07) is 9.23. The largest absolute Gasteiger partial charge is 0.349 e. The molecule has 1 aliphatic heterocycles. The number of rotatable bonds is 4. The van der Waals surface area contributed by atoms with E-state index in [0.717, 1.165) is 31.7 Å². The summed E-state index contributed by atoms with van der Waals surface area (Å²) in [5.41, 5.74) is 0.874. The number of carbonyl (C=O) groups excluding carboxylic acids is 1. The predicted octanol–water partition coefficient (Wildman–Crippen LogP) is 1.41. The third-order valence-electron chi connectivity index (χ3n) is 4.48. The van der Waals surface area contributed by atoms with Crippen LogP contribution < -0.4 is 10.9 Å². The number of likely N-dealkylation sites (tertiary alicyclic amines) is 1. The average molecular weight is 326 g/mol. The molecule has 1 aliphatic rings. The van der Waals surface area contributed by atoms with Crippen LogP contribution in [0.2, 0.25) is 0 Å². The van der Waals surface area contributed by atoms with Gasteiger partial charge in [-0.05, 0) is 36.6 Å². The monoisotopic (exact) mass is 326 g/mol. The van der Waals surface area contributed by atoms with Crippen LogP contribution in [0.1, 0.15) is 29.4 Å². The number of amides is 1. The van der Waals surface area contributed by atoms with Crippen LogP contribution in [0.25, 0.3) is 0 Å². The van der Waals surface area contributed by atoms with Crippen molar-refractivity contribution >= 4 is 5.91 Å². The van der Waals surface area contributed by atoms with Gasteiger partial charge in [0.25, 0.3) is 11.5 Å². The highest BCUT2D eigenvalue weighted by Crippen LogP contribution is 2.18. The van der Waals surface area contributed by atoms with Gasteiger partial charge in [-0.1, -0.05) is 13.0 Å². The Balaban J connectivity index is 1.57. The Morgan fingerprint density at radius 2 is 2.25 bits per heavy atom. The average Bonchev–Trinajstić information content (AvgIpc) is 2.58. The molecule has 0 unspecified atom stereocenters. The topological polar surface area (TPSA) is 78.1 Å². The van der Waals surface area contributed by atoms with E-state index in [-0.39, 0.29) is 23.1 Å². The summed E-state index contributed by atoms with van der Waals surface area (Å²) >= 11 is 0. The predicted molar refractivity (Wildman–Crippen MR) is 91.6 cm³/mol. The molecule has 126 valence electrons. The van der Waals surface area contributed by atoms with Gasteiger partial charge in [-0.3, -0.25) is 19.5 Å². The van der Waals surface area contributed by atoms with Gasteiger partial charge in [0.15, 0.2) is 0 Å². The van der Waals surface area contributed by atoms with Crippen molar-refractivity contribution in [1.29, 1.82) is 0 Å². The van der Waals surface area contributed by atoms with E-state index in [4.69, 9.17) is 0 Å². The van der Waals surface area contributed by atoms with E-state index < -0.39 is 0 Å². The molecule has 2 atom stereocenters. The highest BCUT2D eigenvalue weighted by atomic mass is 16.2. The van der Waals surface area contributed by atoms with Crippen LogP contribution in [-0.2, 0) is 6.54 Å². The first-order valence-corrected chi connectivity index (χ1v) is 8.24. The number of piperidine rings is 1. The lowest BCUT2D eigenvalue weighted by atomic mass is 9.93. The fraction of sp³-hybridized carbons (Fsp3) is 0.389. The van der Waals surface area contributed by atoms with Crippen molar-refractivity contribution in [2.45, 2.75) is 25.9 Å². The minimum atomic E-state index is -0.352. The number of hydrogen-bond acceptors (Lipinski definition) is 4. The molecule has 2 aromatic heterocycles. The van der Waals surface area contributed by atoms with Gasteiger partial charge in [0.2, 0.25) is 0 Å². The number of nitrogens with one attached hydrogen (secondary N) is 2. The first-order chi connectivity index (χ1) is 11.6. The molecule has 0 saturated carbocycles. The van der Waals surface area contributed by atoms with Gasteiger partial charge in [-0.2, -0.15) is 0 Å². The molecule has 6 heteroatoms. The van der Waals surface area contributed by atoms with Crippen molar-refractivity contribution in [2.24, 2.45) is 5.92 Å². The zero-order chi connectivity index (χ0) is 16.9. The van der Waals surface area contributed by atoms with E-state index in [1.165, 1.54) is 6.20 Å². The van der Waals surface area contributed by atoms with E-state index in [1.807, 2.05) is 24.4 Å². The van der Waals surface area contributed by atoms with Gasteiger partial charge in [0.05, 0.1) is 5.69 Å². The zero-order valence-corrected chi connectivity index (χ0v) is 13.7. The summed E-state index contributed by atoms with van der Waals surface area (Å²) in [4.78, 5) is 33.3. The van der Waals surface area contributed by atoms with E-state index in [1.54, 1.807) is 12.1 Å². The Bertz CT molecular complexity index is 744. The minimum Gasteiger partial charge on any atom is -0.349 e. The minimum absolute atomic E-state index is 0.0806. The molecular formula is C18H22N4O2. The van der Waals surface area contributed by atoms with Crippen molar-refractivity contribution in [3.05, 3.63) is 64.3 Å². The number of carbonyl (C=O) groups is 1. The maximum Gasteiger partial charge on any atom is 0.260 e.